The largest absolute Gasteiger partial charge is 0.381 e. The lowest BCUT2D eigenvalue weighted by Crippen LogP contribution is -2.53. The molecule has 2 aliphatic heterocycles. The van der Waals surface area contributed by atoms with Gasteiger partial charge in [0.2, 0.25) is 0 Å². The van der Waals surface area contributed by atoms with Crippen molar-refractivity contribution in [2.45, 2.75) is 38.1 Å². The molecule has 0 saturated carbocycles. The molecule has 0 radical (unpaired) electrons. The number of amides is 2. The molecule has 5 rings (SSSR count). The van der Waals surface area contributed by atoms with E-state index in [9.17, 15) is 10.1 Å². The molecule has 6 nitrogen and oxygen atoms in total. The summed E-state index contributed by atoms with van der Waals surface area (Å²) >= 11 is 12.2. The minimum atomic E-state index is -0.260. The number of halogens is 2. The monoisotopic (exact) mass is 564 g/mol. The molecule has 2 N–H and O–H groups in total. The van der Waals surface area contributed by atoms with Crippen LogP contribution in [0.25, 0.3) is 5.57 Å². The van der Waals surface area contributed by atoms with Crippen molar-refractivity contribution in [3.05, 3.63) is 81.9 Å². The number of allylic oxidation sites excluding steroid dienone is 4. The van der Waals surface area contributed by atoms with Crippen LogP contribution in [0.15, 0.2) is 60.7 Å². The Kier molecular flexibility index (Phi) is 8.94. The molecule has 2 amide bonds. The zero-order valence-electron chi connectivity index (χ0n) is 22.0. The Bertz CT molecular complexity index is 1270. The first-order valence-corrected chi connectivity index (χ1v) is 14.4. The van der Waals surface area contributed by atoms with Crippen LogP contribution in [0.4, 0.5) is 10.5 Å². The van der Waals surface area contributed by atoms with E-state index >= 15 is 0 Å². The van der Waals surface area contributed by atoms with Gasteiger partial charge in [-0.15, -0.1) is 0 Å². The number of nitrogens with one attached hydrogen (secondary N) is 2. The number of benzene rings is 2. The molecule has 39 heavy (non-hydrogen) atoms. The summed E-state index contributed by atoms with van der Waals surface area (Å²) in [4.78, 5) is 15.5. The van der Waals surface area contributed by atoms with Gasteiger partial charge in [-0.05, 0) is 98.0 Å². The van der Waals surface area contributed by atoms with E-state index in [1.54, 1.807) is 18.2 Å². The van der Waals surface area contributed by atoms with Crippen LogP contribution in [-0.4, -0.2) is 49.8 Å². The van der Waals surface area contributed by atoms with Crippen LogP contribution in [0, 0.1) is 22.7 Å². The number of likely N-dealkylation sites (tertiary alicyclic amines) is 1. The lowest BCUT2D eigenvalue weighted by atomic mass is 9.65. The normalized spacial score (nSPS) is 21.6. The third kappa shape index (κ3) is 6.85. The van der Waals surface area contributed by atoms with E-state index in [1.165, 1.54) is 0 Å². The number of nitrogens with zero attached hydrogens (tertiary/aromatic N) is 2. The van der Waals surface area contributed by atoms with Crippen LogP contribution in [0.5, 0.6) is 0 Å². The van der Waals surface area contributed by atoms with E-state index in [1.807, 2.05) is 24.3 Å². The second-order valence-electron chi connectivity index (χ2n) is 10.8. The molecule has 0 bridgehead atoms. The second kappa shape index (κ2) is 12.6. The van der Waals surface area contributed by atoms with E-state index < -0.39 is 0 Å². The van der Waals surface area contributed by atoms with Crippen LogP contribution >= 0.6 is 23.2 Å². The number of hydrogen-bond donors (Lipinski definition) is 2. The lowest BCUT2D eigenvalue weighted by Gasteiger charge is -2.48. The molecule has 2 heterocycles. The summed E-state index contributed by atoms with van der Waals surface area (Å²) in [7, 11) is 0. The molecule has 2 aromatic rings. The second-order valence-corrected chi connectivity index (χ2v) is 11.6. The predicted octanol–water partition coefficient (Wildman–Crippen LogP) is 6.91. The molecule has 2 aromatic carbocycles. The van der Waals surface area contributed by atoms with Gasteiger partial charge in [0.05, 0.1) is 11.6 Å². The van der Waals surface area contributed by atoms with Gasteiger partial charge < -0.3 is 20.3 Å². The van der Waals surface area contributed by atoms with Crippen LogP contribution in [0.3, 0.4) is 0 Å². The Morgan fingerprint density at radius 1 is 1.10 bits per heavy atom. The van der Waals surface area contributed by atoms with Crippen LogP contribution in [0.1, 0.15) is 43.2 Å². The van der Waals surface area contributed by atoms with Gasteiger partial charge in [0.25, 0.3) is 0 Å². The number of hydrogen-bond acceptors (Lipinski definition) is 4. The van der Waals surface area contributed by atoms with Crippen molar-refractivity contribution in [2.24, 2.45) is 11.3 Å². The fourth-order valence-electron chi connectivity index (χ4n) is 6.18. The molecular weight excluding hydrogens is 531 g/mol. The summed E-state index contributed by atoms with van der Waals surface area (Å²) < 4.78 is 5.59. The van der Waals surface area contributed by atoms with Gasteiger partial charge in [0.1, 0.15) is 0 Å². The Hall–Kier alpha value is -2.82. The van der Waals surface area contributed by atoms with Gasteiger partial charge in [0, 0.05) is 41.5 Å². The van der Waals surface area contributed by atoms with Gasteiger partial charge >= 0.3 is 6.03 Å². The van der Waals surface area contributed by atoms with Gasteiger partial charge in [-0.3, -0.25) is 0 Å². The van der Waals surface area contributed by atoms with Crippen molar-refractivity contribution in [1.29, 1.82) is 5.26 Å². The molecule has 0 aromatic heterocycles. The maximum absolute atomic E-state index is 12.9. The number of nitriles is 1. The Morgan fingerprint density at radius 3 is 2.51 bits per heavy atom. The minimum absolute atomic E-state index is 0.0575. The summed E-state index contributed by atoms with van der Waals surface area (Å²) in [6.45, 7) is 4.30. The van der Waals surface area contributed by atoms with Gasteiger partial charge in [-0.2, -0.15) is 5.26 Å². The quantitative estimate of drug-likeness (QED) is 0.399. The zero-order valence-corrected chi connectivity index (χ0v) is 23.5. The molecule has 3 aliphatic rings. The van der Waals surface area contributed by atoms with E-state index in [4.69, 9.17) is 27.9 Å². The molecule has 0 spiro atoms. The Labute approximate surface area is 240 Å². The average molecular weight is 566 g/mol. The van der Waals surface area contributed by atoms with Gasteiger partial charge in [-0.1, -0.05) is 53.6 Å². The molecule has 2 fully saturated rings. The first kappa shape index (κ1) is 27.7. The number of ether oxygens (including phenoxy) is 1. The van der Waals surface area contributed by atoms with Crippen LogP contribution in [-0.2, 0) is 4.74 Å². The van der Waals surface area contributed by atoms with Crippen molar-refractivity contribution in [3.63, 3.8) is 0 Å². The van der Waals surface area contributed by atoms with Crippen molar-refractivity contribution in [3.8, 4) is 6.07 Å². The van der Waals surface area contributed by atoms with Crippen molar-refractivity contribution >= 4 is 40.5 Å². The van der Waals surface area contributed by atoms with E-state index in [2.05, 4.69) is 39.8 Å². The SMILES string of the molecule is N#Cc1cccc(C2=CCC(C3(CNC(=O)Nc4cc(Cl)cc(Cl)c4)CCN(C4CCOCC4)CC3)C=C2)c1. The molecule has 204 valence electrons. The smallest absolute Gasteiger partial charge is 0.319 e. The molecule has 1 atom stereocenters. The molecule has 1 unspecified atom stereocenters. The predicted molar refractivity (Wildman–Crippen MR) is 157 cm³/mol. The first-order chi connectivity index (χ1) is 18.9. The molecule has 1 aliphatic carbocycles. The summed E-state index contributed by atoms with van der Waals surface area (Å²) in [5.74, 6) is 0.304. The Balaban J connectivity index is 1.29. The highest BCUT2D eigenvalue weighted by Crippen LogP contribution is 2.44. The fraction of sp³-hybridized carbons (Fsp3) is 0.419. The highest BCUT2D eigenvalue weighted by atomic mass is 35.5. The number of carbonyl (C=O) groups excluding carboxylic acids is 1. The molecule has 2 saturated heterocycles. The number of piperidine rings is 1. The lowest BCUT2D eigenvalue weighted by molar-refractivity contribution is -0.00386. The van der Waals surface area contributed by atoms with Crippen molar-refractivity contribution in [1.82, 2.24) is 10.2 Å². The molecule has 8 heteroatoms. The number of rotatable bonds is 6. The molecular formula is C31H34Cl2N4O2. The number of anilines is 1. The van der Waals surface area contributed by atoms with Crippen molar-refractivity contribution in [2.75, 3.05) is 38.2 Å². The maximum Gasteiger partial charge on any atom is 0.319 e. The Morgan fingerprint density at radius 2 is 1.85 bits per heavy atom. The highest BCUT2D eigenvalue weighted by Gasteiger charge is 2.42. The summed E-state index contributed by atoms with van der Waals surface area (Å²) in [6, 6.07) is 15.3. The number of carbonyl (C=O) groups is 1. The van der Waals surface area contributed by atoms with Crippen LogP contribution in [0.2, 0.25) is 10.0 Å². The topological polar surface area (TPSA) is 77.4 Å². The third-order valence-corrected chi connectivity index (χ3v) is 8.87. The first-order valence-electron chi connectivity index (χ1n) is 13.7. The van der Waals surface area contributed by atoms with E-state index in [0.29, 0.717) is 39.8 Å². The third-order valence-electron chi connectivity index (χ3n) is 8.43. The van der Waals surface area contributed by atoms with E-state index in [0.717, 1.165) is 69.5 Å². The standard InChI is InChI=1S/C31H34Cl2N4O2/c32-26-17-27(33)19-28(18-26)36-30(38)35-21-31(10-12-37(13-11-31)29-8-14-39-15-9-29)25-6-4-23(5-7-25)24-3-1-2-22(16-24)20-34/h1-6,16-19,25,29H,7-15,21H2,(H2,35,36,38). The summed E-state index contributed by atoms with van der Waals surface area (Å²) in [5, 5.41) is 16.3. The van der Waals surface area contributed by atoms with Gasteiger partial charge in [-0.25, -0.2) is 4.79 Å². The average Bonchev–Trinajstić information content (AvgIpc) is 2.96. The van der Waals surface area contributed by atoms with Gasteiger partial charge in [0.15, 0.2) is 0 Å². The van der Waals surface area contributed by atoms with Crippen LogP contribution < -0.4 is 10.6 Å². The summed E-state index contributed by atoms with van der Waals surface area (Å²) in [6.07, 6.45) is 11.9. The maximum atomic E-state index is 12.9. The zero-order chi connectivity index (χ0) is 27.2. The highest BCUT2D eigenvalue weighted by molar-refractivity contribution is 6.35. The van der Waals surface area contributed by atoms with Crippen molar-refractivity contribution < 1.29 is 9.53 Å². The fourth-order valence-corrected chi connectivity index (χ4v) is 6.70. The number of urea groups is 1. The minimum Gasteiger partial charge on any atom is -0.381 e. The summed E-state index contributed by atoms with van der Waals surface area (Å²) in [5.41, 5.74) is 3.37. The van der Waals surface area contributed by atoms with E-state index in [-0.39, 0.29) is 11.4 Å².